The van der Waals surface area contributed by atoms with E-state index in [1.165, 1.54) is 4.90 Å². The SMILES string of the molecule is CC#CCOc1cc(C(C)NC(=O)C(C)(O)C(O)C(=O)N2Cc3cccnc3C2)ccc1-n1cccn1. The second kappa shape index (κ2) is 10.8. The van der Waals surface area contributed by atoms with Crippen LogP contribution in [-0.2, 0) is 22.7 Å². The Bertz CT molecular complexity index is 1320. The van der Waals surface area contributed by atoms with Gasteiger partial charge in [-0.3, -0.25) is 14.6 Å². The Morgan fingerprint density at radius 1 is 1.24 bits per heavy atom. The van der Waals surface area contributed by atoms with Crippen molar-refractivity contribution in [3.05, 3.63) is 71.8 Å². The van der Waals surface area contributed by atoms with Gasteiger partial charge in [-0.1, -0.05) is 18.1 Å². The second-order valence-electron chi connectivity index (χ2n) is 8.94. The number of aromatic nitrogens is 3. The van der Waals surface area contributed by atoms with E-state index in [0.29, 0.717) is 17.0 Å². The number of benzene rings is 1. The minimum absolute atomic E-state index is 0.174. The highest BCUT2D eigenvalue weighted by atomic mass is 16.5. The van der Waals surface area contributed by atoms with Crippen molar-refractivity contribution >= 4 is 11.8 Å². The van der Waals surface area contributed by atoms with Gasteiger partial charge in [0, 0.05) is 25.1 Å². The minimum Gasteiger partial charge on any atom is -0.479 e. The van der Waals surface area contributed by atoms with Crippen LogP contribution in [0.2, 0.25) is 0 Å². The van der Waals surface area contributed by atoms with Gasteiger partial charge in [-0.2, -0.15) is 5.10 Å². The molecule has 1 aliphatic heterocycles. The van der Waals surface area contributed by atoms with E-state index in [0.717, 1.165) is 18.2 Å². The molecule has 0 radical (unpaired) electrons. The summed E-state index contributed by atoms with van der Waals surface area (Å²) < 4.78 is 7.48. The largest absolute Gasteiger partial charge is 0.479 e. The zero-order valence-electron chi connectivity index (χ0n) is 20.9. The van der Waals surface area contributed by atoms with E-state index in [1.807, 2.05) is 6.07 Å². The third-order valence-corrected chi connectivity index (χ3v) is 6.28. The molecule has 37 heavy (non-hydrogen) atoms. The third kappa shape index (κ3) is 5.48. The molecule has 3 N–H and O–H groups in total. The van der Waals surface area contributed by atoms with E-state index in [9.17, 15) is 19.8 Å². The summed E-state index contributed by atoms with van der Waals surface area (Å²) in [4.78, 5) is 31.5. The van der Waals surface area contributed by atoms with Gasteiger partial charge in [-0.05, 0) is 56.2 Å². The van der Waals surface area contributed by atoms with Gasteiger partial charge < -0.3 is 25.2 Å². The molecule has 1 aliphatic rings. The molecule has 3 heterocycles. The number of amides is 2. The minimum atomic E-state index is -2.36. The number of hydrogen-bond donors (Lipinski definition) is 3. The van der Waals surface area contributed by atoms with Crippen LogP contribution >= 0.6 is 0 Å². The van der Waals surface area contributed by atoms with Crippen molar-refractivity contribution in [2.75, 3.05) is 6.61 Å². The van der Waals surface area contributed by atoms with Crippen molar-refractivity contribution in [1.82, 2.24) is 25.0 Å². The first-order chi connectivity index (χ1) is 17.7. The van der Waals surface area contributed by atoms with E-state index in [1.54, 1.807) is 67.5 Å². The van der Waals surface area contributed by atoms with Crippen LogP contribution in [0.1, 0.15) is 43.6 Å². The van der Waals surface area contributed by atoms with Crippen molar-refractivity contribution in [1.29, 1.82) is 0 Å². The van der Waals surface area contributed by atoms with E-state index in [4.69, 9.17) is 4.74 Å². The van der Waals surface area contributed by atoms with Crippen LogP contribution in [0, 0.1) is 11.8 Å². The molecule has 2 amide bonds. The summed E-state index contributed by atoms with van der Waals surface area (Å²) in [6.07, 6.45) is 3.10. The molecule has 192 valence electrons. The molecule has 0 spiro atoms. The number of hydrogen-bond acceptors (Lipinski definition) is 7. The quantitative estimate of drug-likeness (QED) is 0.397. The number of pyridine rings is 1. The zero-order valence-corrected chi connectivity index (χ0v) is 20.9. The highest BCUT2D eigenvalue weighted by Gasteiger charge is 2.45. The number of carbonyl (C=O) groups excluding carboxylic acids is 2. The first-order valence-corrected chi connectivity index (χ1v) is 11.8. The van der Waals surface area contributed by atoms with Crippen LogP contribution in [0.5, 0.6) is 5.75 Å². The maximum absolute atomic E-state index is 13.0. The molecule has 3 aromatic rings. The molecule has 0 fully saturated rings. The standard InChI is InChI=1S/C27H29N5O5/c1-4-5-14-37-23-15-19(9-10-22(23)32-13-7-12-29-32)18(2)30-26(35)27(3,36)24(33)25(34)31-16-20-8-6-11-28-21(20)17-31/h6-13,15,18,24,33,36H,14,16-17H2,1-3H3,(H,30,35). The molecule has 0 bridgehead atoms. The molecular formula is C27H29N5O5. The van der Waals surface area contributed by atoms with Crippen molar-refractivity contribution in [3.8, 4) is 23.3 Å². The molecule has 4 rings (SSSR count). The molecule has 3 unspecified atom stereocenters. The number of ether oxygens (including phenoxy) is 1. The van der Waals surface area contributed by atoms with Gasteiger partial charge in [0.15, 0.2) is 11.7 Å². The Kier molecular flexibility index (Phi) is 7.57. The van der Waals surface area contributed by atoms with Crippen LogP contribution in [-0.4, -0.2) is 60.0 Å². The Balaban J connectivity index is 1.46. The molecule has 3 atom stereocenters. The van der Waals surface area contributed by atoms with Crippen LogP contribution < -0.4 is 10.1 Å². The lowest BCUT2D eigenvalue weighted by Gasteiger charge is -2.31. The molecule has 0 saturated heterocycles. The summed E-state index contributed by atoms with van der Waals surface area (Å²) in [5, 5.41) is 28.5. The summed E-state index contributed by atoms with van der Waals surface area (Å²) in [7, 11) is 0. The monoisotopic (exact) mass is 503 g/mol. The highest BCUT2D eigenvalue weighted by Crippen LogP contribution is 2.28. The molecule has 10 nitrogen and oxygen atoms in total. The van der Waals surface area contributed by atoms with Gasteiger partial charge in [0.1, 0.15) is 18.0 Å². The Labute approximate surface area is 214 Å². The van der Waals surface area contributed by atoms with Crippen LogP contribution in [0.25, 0.3) is 5.69 Å². The average molecular weight is 504 g/mol. The topological polar surface area (TPSA) is 130 Å². The van der Waals surface area contributed by atoms with Gasteiger partial charge in [0.2, 0.25) is 0 Å². The predicted octanol–water partition coefficient (Wildman–Crippen LogP) is 1.50. The number of aliphatic hydroxyl groups excluding tert-OH is 1. The maximum atomic E-state index is 13.0. The van der Waals surface area contributed by atoms with Gasteiger partial charge in [-0.15, -0.1) is 5.92 Å². The smallest absolute Gasteiger partial charge is 0.255 e. The van der Waals surface area contributed by atoms with E-state index < -0.39 is 29.6 Å². The lowest BCUT2D eigenvalue weighted by Crippen LogP contribution is -2.58. The second-order valence-corrected chi connectivity index (χ2v) is 8.94. The lowest BCUT2D eigenvalue weighted by atomic mass is 9.95. The summed E-state index contributed by atoms with van der Waals surface area (Å²) in [6, 6.07) is 10.2. The molecular weight excluding hydrogens is 474 g/mol. The fourth-order valence-corrected chi connectivity index (χ4v) is 4.02. The van der Waals surface area contributed by atoms with Crippen molar-refractivity contribution in [2.45, 2.75) is 51.6 Å². The molecule has 0 aliphatic carbocycles. The molecule has 2 aromatic heterocycles. The molecule has 1 aromatic carbocycles. The Hall–Kier alpha value is -4.20. The fourth-order valence-electron chi connectivity index (χ4n) is 4.02. The van der Waals surface area contributed by atoms with Crippen molar-refractivity contribution in [2.24, 2.45) is 0 Å². The maximum Gasteiger partial charge on any atom is 0.255 e. The zero-order chi connectivity index (χ0) is 26.6. The number of fused-ring (bicyclic) bond motifs is 1. The number of rotatable bonds is 8. The number of carbonyl (C=O) groups is 2. The number of nitrogens with one attached hydrogen (secondary N) is 1. The predicted molar refractivity (Wildman–Crippen MR) is 134 cm³/mol. The van der Waals surface area contributed by atoms with E-state index in [-0.39, 0.29) is 19.7 Å². The molecule has 0 saturated carbocycles. The lowest BCUT2D eigenvalue weighted by molar-refractivity contribution is -0.166. The Morgan fingerprint density at radius 3 is 2.76 bits per heavy atom. The van der Waals surface area contributed by atoms with Crippen LogP contribution in [0.15, 0.2) is 55.0 Å². The first-order valence-electron chi connectivity index (χ1n) is 11.8. The first kappa shape index (κ1) is 25.9. The Morgan fingerprint density at radius 2 is 2.05 bits per heavy atom. The van der Waals surface area contributed by atoms with Gasteiger partial charge in [0.25, 0.3) is 11.8 Å². The van der Waals surface area contributed by atoms with E-state index in [2.05, 4.69) is 27.2 Å². The fraction of sp³-hybridized carbons (Fsp3) is 0.333. The summed E-state index contributed by atoms with van der Waals surface area (Å²) in [5.41, 5.74) is 0.601. The molecule has 10 heteroatoms. The van der Waals surface area contributed by atoms with Gasteiger partial charge in [0.05, 0.1) is 18.3 Å². The average Bonchev–Trinajstić information content (AvgIpc) is 3.58. The van der Waals surface area contributed by atoms with Crippen LogP contribution in [0.3, 0.4) is 0 Å². The van der Waals surface area contributed by atoms with Gasteiger partial charge >= 0.3 is 0 Å². The number of aliphatic hydroxyl groups is 2. The summed E-state index contributed by atoms with van der Waals surface area (Å²) in [6.45, 7) is 5.19. The third-order valence-electron chi connectivity index (χ3n) is 6.28. The van der Waals surface area contributed by atoms with Crippen molar-refractivity contribution in [3.63, 3.8) is 0 Å². The summed E-state index contributed by atoms with van der Waals surface area (Å²) in [5.74, 6) is 4.50. The van der Waals surface area contributed by atoms with Crippen LogP contribution in [0.4, 0.5) is 0 Å². The summed E-state index contributed by atoms with van der Waals surface area (Å²) >= 11 is 0. The highest BCUT2D eigenvalue weighted by molar-refractivity contribution is 5.94. The van der Waals surface area contributed by atoms with Crippen molar-refractivity contribution < 1.29 is 24.5 Å². The van der Waals surface area contributed by atoms with Gasteiger partial charge in [-0.25, -0.2) is 4.68 Å². The normalized spacial score (nSPS) is 15.5. The van der Waals surface area contributed by atoms with E-state index >= 15 is 0 Å². The number of nitrogens with zero attached hydrogens (tertiary/aromatic N) is 4.